The van der Waals surface area contributed by atoms with Crippen LogP contribution in [0.3, 0.4) is 0 Å². The van der Waals surface area contributed by atoms with E-state index in [0.717, 1.165) is 17.7 Å². The molecule has 2 aromatic carbocycles. The lowest BCUT2D eigenvalue weighted by Gasteiger charge is -2.07. The van der Waals surface area contributed by atoms with Gasteiger partial charge in [-0.15, -0.1) is 0 Å². The Morgan fingerprint density at radius 3 is 2.55 bits per heavy atom. The summed E-state index contributed by atoms with van der Waals surface area (Å²) in [6, 6.07) is 17.0. The zero-order valence-corrected chi connectivity index (χ0v) is 11.4. The lowest BCUT2D eigenvalue weighted by atomic mass is 10.1. The van der Waals surface area contributed by atoms with E-state index in [0.29, 0.717) is 12.0 Å². The summed E-state index contributed by atoms with van der Waals surface area (Å²) in [5.41, 5.74) is 3.43. The van der Waals surface area contributed by atoms with Crippen molar-refractivity contribution in [3.05, 3.63) is 65.2 Å². The van der Waals surface area contributed by atoms with Crippen molar-refractivity contribution in [1.29, 1.82) is 5.26 Å². The molecule has 0 aliphatic rings. The van der Waals surface area contributed by atoms with E-state index in [1.54, 1.807) is 18.2 Å². The van der Waals surface area contributed by atoms with E-state index in [4.69, 9.17) is 5.26 Å². The maximum absolute atomic E-state index is 12.1. The predicted molar refractivity (Wildman–Crippen MR) is 79.5 cm³/mol. The molecule has 1 amide bonds. The number of nitrogens with one attached hydrogen (secondary N) is 1. The molecule has 0 saturated heterocycles. The van der Waals surface area contributed by atoms with Crippen LogP contribution >= 0.6 is 0 Å². The first-order chi connectivity index (χ1) is 9.72. The van der Waals surface area contributed by atoms with Gasteiger partial charge in [0, 0.05) is 11.3 Å². The van der Waals surface area contributed by atoms with E-state index in [2.05, 4.69) is 18.3 Å². The smallest absolute Gasteiger partial charge is 0.255 e. The number of nitrogens with zero attached hydrogens (tertiary/aromatic N) is 1. The molecule has 0 heterocycles. The molecular formula is C17H16N2O. The largest absolute Gasteiger partial charge is 0.322 e. The van der Waals surface area contributed by atoms with Gasteiger partial charge in [-0.05, 0) is 41.8 Å². The van der Waals surface area contributed by atoms with E-state index in [9.17, 15) is 4.79 Å². The third kappa shape index (κ3) is 3.46. The summed E-state index contributed by atoms with van der Waals surface area (Å²) >= 11 is 0. The van der Waals surface area contributed by atoms with Crippen molar-refractivity contribution >= 4 is 11.6 Å². The van der Waals surface area contributed by atoms with E-state index in [1.807, 2.05) is 30.3 Å². The number of carbonyl (C=O) groups is 1. The number of benzene rings is 2. The highest BCUT2D eigenvalue weighted by molar-refractivity contribution is 6.04. The van der Waals surface area contributed by atoms with E-state index in [1.165, 1.54) is 5.56 Å². The topological polar surface area (TPSA) is 52.9 Å². The Balaban J connectivity index is 2.11. The van der Waals surface area contributed by atoms with Crippen LogP contribution in [-0.2, 0) is 12.8 Å². The van der Waals surface area contributed by atoms with Crippen LogP contribution in [0.15, 0.2) is 48.5 Å². The van der Waals surface area contributed by atoms with Gasteiger partial charge in [0.15, 0.2) is 0 Å². The fourth-order valence-electron chi connectivity index (χ4n) is 1.94. The number of nitriles is 1. The fourth-order valence-corrected chi connectivity index (χ4v) is 1.94. The normalized spacial score (nSPS) is 9.80. The Morgan fingerprint density at radius 1 is 1.15 bits per heavy atom. The number of aryl methyl sites for hydroxylation is 1. The third-order valence-corrected chi connectivity index (χ3v) is 3.09. The first-order valence-electron chi connectivity index (χ1n) is 6.59. The Kier molecular flexibility index (Phi) is 4.52. The van der Waals surface area contributed by atoms with Crippen molar-refractivity contribution in [2.24, 2.45) is 0 Å². The second-order valence-corrected chi connectivity index (χ2v) is 4.54. The van der Waals surface area contributed by atoms with Gasteiger partial charge in [-0.1, -0.05) is 31.2 Å². The fraction of sp³-hybridized carbons (Fsp3) is 0.176. The lowest BCUT2D eigenvalue weighted by Crippen LogP contribution is -2.12. The summed E-state index contributed by atoms with van der Waals surface area (Å²) in [5.74, 6) is -0.158. The molecule has 3 nitrogen and oxygen atoms in total. The second kappa shape index (κ2) is 6.53. The van der Waals surface area contributed by atoms with Crippen LogP contribution in [0.1, 0.15) is 28.4 Å². The van der Waals surface area contributed by atoms with E-state index >= 15 is 0 Å². The number of carbonyl (C=O) groups excluding carboxylic acids is 1. The minimum Gasteiger partial charge on any atom is -0.322 e. The average Bonchev–Trinajstić information content (AvgIpc) is 2.48. The first-order valence-corrected chi connectivity index (χ1v) is 6.59. The molecule has 20 heavy (non-hydrogen) atoms. The van der Waals surface area contributed by atoms with Crippen molar-refractivity contribution in [2.45, 2.75) is 19.8 Å². The molecule has 2 rings (SSSR count). The number of anilines is 1. The van der Waals surface area contributed by atoms with Crippen LogP contribution in [0, 0.1) is 11.3 Å². The molecule has 1 N–H and O–H groups in total. The van der Waals surface area contributed by atoms with Crippen molar-refractivity contribution in [3.63, 3.8) is 0 Å². The van der Waals surface area contributed by atoms with Crippen LogP contribution in [0.2, 0.25) is 0 Å². The molecular weight excluding hydrogens is 248 g/mol. The molecule has 100 valence electrons. The Morgan fingerprint density at radius 2 is 1.90 bits per heavy atom. The van der Waals surface area contributed by atoms with Gasteiger partial charge in [0.2, 0.25) is 0 Å². The molecule has 0 saturated carbocycles. The van der Waals surface area contributed by atoms with Crippen molar-refractivity contribution in [1.82, 2.24) is 0 Å². The van der Waals surface area contributed by atoms with Gasteiger partial charge in [-0.2, -0.15) is 5.26 Å². The summed E-state index contributed by atoms with van der Waals surface area (Å²) in [5, 5.41) is 11.5. The van der Waals surface area contributed by atoms with Gasteiger partial charge in [0.25, 0.3) is 5.91 Å². The van der Waals surface area contributed by atoms with Crippen LogP contribution in [0.4, 0.5) is 5.69 Å². The number of hydrogen-bond acceptors (Lipinski definition) is 2. The average molecular weight is 264 g/mol. The summed E-state index contributed by atoms with van der Waals surface area (Å²) in [7, 11) is 0. The molecule has 0 bridgehead atoms. The molecule has 0 unspecified atom stereocenters. The summed E-state index contributed by atoms with van der Waals surface area (Å²) < 4.78 is 0. The van der Waals surface area contributed by atoms with Crippen LogP contribution in [0.5, 0.6) is 0 Å². The summed E-state index contributed by atoms with van der Waals surface area (Å²) in [6.45, 7) is 2.09. The first kappa shape index (κ1) is 13.8. The van der Waals surface area contributed by atoms with Crippen LogP contribution in [-0.4, -0.2) is 5.91 Å². The monoisotopic (exact) mass is 264 g/mol. The molecule has 0 aliphatic heterocycles. The van der Waals surface area contributed by atoms with Crippen molar-refractivity contribution in [2.75, 3.05) is 5.32 Å². The van der Waals surface area contributed by atoms with Gasteiger partial charge >= 0.3 is 0 Å². The Bertz CT molecular complexity index is 639. The third-order valence-electron chi connectivity index (χ3n) is 3.09. The van der Waals surface area contributed by atoms with Crippen molar-refractivity contribution < 1.29 is 4.79 Å². The van der Waals surface area contributed by atoms with Gasteiger partial charge < -0.3 is 5.32 Å². The molecule has 0 radical (unpaired) electrons. The lowest BCUT2D eigenvalue weighted by molar-refractivity contribution is 0.102. The molecule has 2 aromatic rings. The quantitative estimate of drug-likeness (QED) is 0.917. The van der Waals surface area contributed by atoms with Gasteiger partial charge in [-0.25, -0.2) is 0 Å². The maximum atomic E-state index is 12.1. The minimum atomic E-state index is -0.158. The number of amides is 1. The van der Waals surface area contributed by atoms with Gasteiger partial charge in [0.05, 0.1) is 12.5 Å². The van der Waals surface area contributed by atoms with Gasteiger partial charge in [-0.3, -0.25) is 4.79 Å². The molecule has 0 aliphatic carbocycles. The zero-order valence-electron chi connectivity index (χ0n) is 11.4. The molecule has 0 fully saturated rings. The second-order valence-electron chi connectivity index (χ2n) is 4.54. The standard InChI is InChI=1S/C17H16N2O/c1-2-13-6-8-16(9-7-13)19-17(20)15-5-3-4-14(12-15)10-11-18/h3-9,12H,2,10H2,1H3,(H,19,20). The summed E-state index contributed by atoms with van der Waals surface area (Å²) in [6.07, 6.45) is 1.29. The SMILES string of the molecule is CCc1ccc(NC(=O)c2cccc(CC#N)c2)cc1. The van der Waals surface area contributed by atoms with Crippen LogP contribution in [0.25, 0.3) is 0 Å². The predicted octanol–water partition coefficient (Wildman–Crippen LogP) is 3.57. The summed E-state index contributed by atoms with van der Waals surface area (Å²) in [4.78, 5) is 12.1. The van der Waals surface area contributed by atoms with E-state index < -0.39 is 0 Å². The maximum Gasteiger partial charge on any atom is 0.255 e. The molecule has 0 aromatic heterocycles. The van der Waals surface area contributed by atoms with Gasteiger partial charge in [0.1, 0.15) is 0 Å². The van der Waals surface area contributed by atoms with Crippen LogP contribution < -0.4 is 5.32 Å². The number of hydrogen-bond donors (Lipinski definition) is 1. The molecule has 0 atom stereocenters. The van der Waals surface area contributed by atoms with E-state index in [-0.39, 0.29) is 5.91 Å². The van der Waals surface area contributed by atoms with Crippen molar-refractivity contribution in [3.8, 4) is 6.07 Å². The highest BCUT2D eigenvalue weighted by Crippen LogP contribution is 2.13. The minimum absolute atomic E-state index is 0.158. The Hall–Kier alpha value is -2.60. The number of rotatable bonds is 4. The Labute approximate surface area is 118 Å². The highest BCUT2D eigenvalue weighted by atomic mass is 16.1. The highest BCUT2D eigenvalue weighted by Gasteiger charge is 2.06. The zero-order chi connectivity index (χ0) is 14.4. The molecule has 3 heteroatoms. The molecule has 0 spiro atoms.